The summed E-state index contributed by atoms with van der Waals surface area (Å²) < 4.78 is 5.79. The normalized spacial score (nSPS) is 20.9. The molecule has 252 valence electrons. The lowest BCUT2D eigenvalue weighted by molar-refractivity contribution is -0.137. The molecule has 2 aliphatic rings. The number of thiazole rings is 1. The van der Waals surface area contributed by atoms with E-state index in [1.165, 1.54) is 22.5 Å². The predicted molar refractivity (Wildman–Crippen MR) is 177 cm³/mol. The molecule has 13 nitrogen and oxygen atoms in total. The van der Waals surface area contributed by atoms with Gasteiger partial charge in [0.15, 0.2) is 5.69 Å². The third-order valence-corrected chi connectivity index (χ3v) is 9.22. The van der Waals surface area contributed by atoms with Crippen LogP contribution < -0.4 is 16.0 Å². The van der Waals surface area contributed by atoms with E-state index in [0.717, 1.165) is 38.2 Å². The van der Waals surface area contributed by atoms with Crippen LogP contribution in [0.15, 0.2) is 46.4 Å². The van der Waals surface area contributed by atoms with Crippen LogP contribution in [0, 0.1) is 5.92 Å². The Labute approximate surface area is 279 Å². The molecule has 14 heteroatoms. The average Bonchev–Trinajstić information content (AvgIpc) is 3.69. The van der Waals surface area contributed by atoms with E-state index in [9.17, 15) is 19.2 Å². The molecule has 3 N–H and O–H groups in total. The molecule has 1 fully saturated rings. The summed E-state index contributed by atoms with van der Waals surface area (Å²) in [5, 5.41) is 11.1. The largest absolute Gasteiger partial charge is 0.446 e. The van der Waals surface area contributed by atoms with Crippen molar-refractivity contribution < 1.29 is 23.6 Å². The zero-order valence-corrected chi connectivity index (χ0v) is 28.1. The maximum absolute atomic E-state index is 13.6. The number of carbonyl (C=O) groups is 4. The first-order chi connectivity index (χ1) is 22.6. The van der Waals surface area contributed by atoms with Crippen molar-refractivity contribution in [3.63, 3.8) is 0 Å². The van der Waals surface area contributed by atoms with Gasteiger partial charge in [-0.05, 0) is 44.5 Å². The molecule has 2 aromatic heterocycles. The van der Waals surface area contributed by atoms with Gasteiger partial charge in [0.05, 0.1) is 19.1 Å². The van der Waals surface area contributed by atoms with Gasteiger partial charge in [-0.15, -0.1) is 11.3 Å². The molecule has 47 heavy (non-hydrogen) atoms. The molecule has 1 aromatic carbocycles. The van der Waals surface area contributed by atoms with Crippen LogP contribution in [0.5, 0.6) is 0 Å². The Hall–Kier alpha value is -4.14. The zero-order chi connectivity index (χ0) is 33.3. The topological polar surface area (TPSA) is 153 Å². The predicted octanol–water partition coefficient (Wildman–Crippen LogP) is 2.26. The summed E-state index contributed by atoms with van der Waals surface area (Å²) in [5.41, 5.74) is 1.23. The first-order valence-electron chi connectivity index (χ1n) is 16.2. The molecule has 0 spiro atoms. The Morgan fingerprint density at radius 2 is 1.79 bits per heavy atom. The highest BCUT2D eigenvalue weighted by Gasteiger charge is 2.28. The highest BCUT2D eigenvalue weighted by atomic mass is 32.1. The number of carbonyl (C=O) groups excluding carboxylic acids is 4. The molecule has 0 radical (unpaired) electrons. The Morgan fingerprint density at radius 1 is 0.979 bits per heavy atom. The highest BCUT2D eigenvalue weighted by Crippen LogP contribution is 2.26. The number of nitrogens with zero attached hydrogens (tertiary/aromatic N) is 5. The fourth-order valence-corrected chi connectivity index (χ4v) is 6.59. The number of fused-ring (bicyclic) bond motifs is 4. The number of hydrogen-bond acceptors (Lipinski definition) is 10. The van der Waals surface area contributed by atoms with Crippen LogP contribution in [0.2, 0.25) is 0 Å². The van der Waals surface area contributed by atoms with Gasteiger partial charge in [0.2, 0.25) is 17.7 Å². The minimum absolute atomic E-state index is 0.0663. The second-order valence-corrected chi connectivity index (χ2v) is 13.5. The molecule has 1 saturated heterocycles. The van der Waals surface area contributed by atoms with Crippen LogP contribution in [0.3, 0.4) is 0 Å². The number of likely N-dealkylation sites (N-methyl/N-ethyl adjacent to an activating group) is 1. The molecular weight excluding hydrogens is 620 g/mol. The van der Waals surface area contributed by atoms with Crippen LogP contribution in [-0.4, -0.2) is 108 Å². The van der Waals surface area contributed by atoms with E-state index in [-0.39, 0.29) is 61.2 Å². The molecule has 2 atom stereocenters. The molecule has 4 amide bonds. The van der Waals surface area contributed by atoms with Gasteiger partial charge in [-0.2, -0.15) is 0 Å². The van der Waals surface area contributed by atoms with Gasteiger partial charge < -0.3 is 30.2 Å². The van der Waals surface area contributed by atoms with Crippen LogP contribution in [0.4, 0.5) is 0 Å². The first-order valence-corrected chi connectivity index (χ1v) is 17.0. The van der Waals surface area contributed by atoms with Crippen molar-refractivity contribution >= 4 is 35.0 Å². The second kappa shape index (κ2) is 16.1. The molecule has 0 saturated carbocycles. The summed E-state index contributed by atoms with van der Waals surface area (Å²) in [6.45, 7) is 7.67. The first kappa shape index (κ1) is 34.2. The van der Waals surface area contributed by atoms with Gasteiger partial charge in [-0.3, -0.25) is 24.1 Å². The quantitative estimate of drug-likeness (QED) is 0.360. The number of benzene rings is 1. The van der Waals surface area contributed by atoms with E-state index >= 15 is 0 Å². The molecule has 3 aromatic rings. The van der Waals surface area contributed by atoms with Crippen molar-refractivity contribution in [2.45, 2.75) is 45.2 Å². The summed E-state index contributed by atoms with van der Waals surface area (Å²) in [7, 11) is 2.07. The maximum Gasteiger partial charge on any atom is 0.273 e. The molecule has 0 unspecified atom stereocenters. The van der Waals surface area contributed by atoms with Gasteiger partial charge in [0.25, 0.3) is 11.8 Å². The Kier molecular flexibility index (Phi) is 11.7. The highest BCUT2D eigenvalue weighted by molar-refractivity contribution is 7.09. The molecule has 2 aliphatic heterocycles. The van der Waals surface area contributed by atoms with Crippen molar-refractivity contribution in [3.8, 4) is 0 Å². The van der Waals surface area contributed by atoms with Crippen LogP contribution in [0.1, 0.15) is 76.2 Å². The summed E-state index contributed by atoms with van der Waals surface area (Å²) in [6, 6.07) is 8.44. The van der Waals surface area contributed by atoms with Crippen molar-refractivity contribution in [2.24, 2.45) is 5.92 Å². The number of rotatable bonds is 6. The maximum atomic E-state index is 13.6. The molecule has 4 bridgehead atoms. The molecule has 5 rings (SSSR count). The lowest BCUT2D eigenvalue weighted by atomic mass is 10.0. The van der Waals surface area contributed by atoms with E-state index in [2.05, 4.69) is 42.8 Å². The second-order valence-electron chi connectivity index (χ2n) is 12.6. The Bertz CT molecular complexity index is 1530. The van der Waals surface area contributed by atoms with Gasteiger partial charge in [-0.25, -0.2) is 9.97 Å². The third kappa shape index (κ3) is 9.69. The van der Waals surface area contributed by atoms with E-state index in [4.69, 9.17) is 4.42 Å². The fourth-order valence-electron chi connectivity index (χ4n) is 5.73. The van der Waals surface area contributed by atoms with Gasteiger partial charge in [0, 0.05) is 38.0 Å². The minimum atomic E-state index is -0.698. The Balaban J connectivity index is 1.42. The van der Waals surface area contributed by atoms with E-state index in [1.54, 1.807) is 5.38 Å². The Morgan fingerprint density at radius 3 is 2.57 bits per heavy atom. The van der Waals surface area contributed by atoms with Crippen LogP contribution >= 0.6 is 11.3 Å². The van der Waals surface area contributed by atoms with Crippen molar-refractivity contribution in [1.82, 2.24) is 40.6 Å². The number of aromatic nitrogens is 2. The minimum Gasteiger partial charge on any atom is -0.446 e. The zero-order valence-electron chi connectivity index (χ0n) is 27.2. The van der Waals surface area contributed by atoms with Crippen molar-refractivity contribution in [3.05, 3.63) is 69.8 Å². The number of hydrogen-bond donors (Lipinski definition) is 3. The molecular formula is C33H44N8O5S. The van der Waals surface area contributed by atoms with E-state index in [0.29, 0.717) is 17.8 Å². The van der Waals surface area contributed by atoms with Gasteiger partial charge in [-0.1, -0.05) is 44.2 Å². The number of oxazole rings is 1. The number of amides is 4. The summed E-state index contributed by atoms with van der Waals surface area (Å²) in [4.78, 5) is 68.6. The van der Waals surface area contributed by atoms with E-state index < -0.39 is 23.9 Å². The fraction of sp³-hybridized carbons (Fsp3) is 0.515. The van der Waals surface area contributed by atoms with Crippen LogP contribution in [-0.2, 0) is 16.0 Å². The van der Waals surface area contributed by atoms with Gasteiger partial charge >= 0.3 is 0 Å². The van der Waals surface area contributed by atoms with Crippen molar-refractivity contribution in [1.29, 1.82) is 0 Å². The van der Waals surface area contributed by atoms with Crippen LogP contribution in [0.25, 0.3) is 0 Å². The summed E-state index contributed by atoms with van der Waals surface area (Å²) >= 11 is 1.30. The lowest BCUT2D eigenvalue weighted by Crippen LogP contribution is -2.48. The number of nitrogens with one attached hydrogen (secondary N) is 3. The van der Waals surface area contributed by atoms with Gasteiger partial charge in [0.1, 0.15) is 23.0 Å². The third-order valence-electron chi connectivity index (χ3n) is 8.26. The smallest absolute Gasteiger partial charge is 0.273 e. The molecule has 0 aliphatic carbocycles. The standard InChI is InChI=1S/C33H44N8O5S/c1-22(2)16-25-33-38-27(21-47-33)30(44)34-10-13-41(29(43)19-40-12-7-11-39(3)14-15-40)18-28(42)35-24(17-23-8-5-4-6-9-23)32-37-26(20-46-32)31(45)36-25/h4-6,8-9,20-22,24-25H,7,10-19H2,1-3H3,(H,34,44)(H,35,42)(H,36,45)/t24-,25-/m0/s1. The summed E-state index contributed by atoms with van der Waals surface area (Å²) in [5.74, 6) is -1.03. The monoisotopic (exact) mass is 664 g/mol. The lowest BCUT2D eigenvalue weighted by Gasteiger charge is -2.27. The SMILES string of the molecule is CC(C)C[C@@H]1NC(=O)c2coc(n2)[C@H](Cc2ccccc2)NC(=O)CN(C(=O)CN2CCCN(C)CC2)CCNC(=O)c2csc1n2. The summed E-state index contributed by atoms with van der Waals surface area (Å²) in [6.07, 6.45) is 3.19. The van der Waals surface area contributed by atoms with E-state index in [1.807, 2.05) is 44.2 Å². The average molecular weight is 665 g/mol. The van der Waals surface area contributed by atoms with Crippen molar-refractivity contribution in [2.75, 3.05) is 59.4 Å². The molecule has 4 heterocycles.